The molecule has 0 aliphatic carbocycles. The van der Waals surface area contributed by atoms with Crippen LogP contribution in [0.3, 0.4) is 0 Å². The monoisotopic (exact) mass is 512 g/mol. The van der Waals surface area contributed by atoms with Crippen LogP contribution in [-0.2, 0) is 33.8 Å². The fourth-order valence-electron chi connectivity index (χ4n) is 4.37. The van der Waals surface area contributed by atoms with Gasteiger partial charge in [-0.05, 0) is 47.4 Å². The third-order valence-electron chi connectivity index (χ3n) is 6.37. The van der Waals surface area contributed by atoms with Crippen molar-refractivity contribution in [3.63, 3.8) is 0 Å². The molecule has 4 aromatic carbocycles. The Labute approximate surface area is 223 Å². The minimum absolute atomic E-state index is 0.155. The van der Waals surface area contributed by atoms with Gasteiger partial charge in [-0.1, -0.05) is 78.9 Å². The van der Waals surface area contributed by atoms with Gasteiger partial charge in [-0.3, -0.25) is 0 Å². The van der Waals surface area contributed by atoms with E-state index in [1.165, 1.54) is 0 Å². The molecule has 0 saturated carbocycles. The first kappa shape index (κ1) is 25.8. The molecule has 4 aromatic rings. The van der Waals surface area contributed by atoms with Crippen LogP contribution in [0.25, 0.3) is 0 Å². The molecule has 1 fully saturated rings. The molecule has 1 aliphatic heterocycles. The number of rotatable bonds is 11. The van der Waals surface area contributed by atoms with Crippen molar-refractivity contribution in [3.05, 3.63) is 125 Å². The van der Waals surface area contributed by atoms with Gasteiger partial charge in [0, 0.05) is 19.1 Å². The van der Waals surface area contributed by atoms with Crippen LogP contribution in [0.1, 0.15) is 35.3 Å². The number of benzene rings is 4. The number of hydrogen-bond acceptors (Lipinski definition) is 6. The van der Waals surface area contributed by atoms with Crippen LogP contribution in [0.4, 0.5) is 0 Å². The van der Waals surface area contributed by atoms with E-state index in [0.29, 0.717) is 32.0 Å². The summed E-state index contributed by atoms with van der Waals surface area (Å²) in [5, 5.41) is 10.7. The lowest BCUT2D eigenvalue weighted by Crippen LogP contribution is -2.19. The molecule has 6 heteroatoms. The van der Waals surface area contributed by atoms with Crippen LogP contribution < -0.4 is 9.47 Å². The van der Waals surface area contributed by atoms with E-state index in [0.717, 1.165) is 28.0 Å². The first-order valence-corrected chi connectivity index (χ1v) is 12.9. The van der Waals surface area contributed by atoms with Gasteiger partial charge in [-0.25, -0.2) is 0 Å². The molecule has 0 amide bonds. The highest BCUT2D eigenvalue weighted by atomic mass is 16.9. The number of aromatic hydroxyl groups is 1. The van der Waals surface area contributed by atoms with Crippen molar-refractivity contribution in [2.24, 2.45) is 0 Å². The van der Waals surface area contributed by atoms with E-state index in [-0.39, 0.29) is 18.0 Å². The standard InChI is InChI=1S/C32H32O6/c1-2-34-32-37-30(19-26-15-18-28(20-29(26)33)36-22-24-11-7-4-8-12-24)31(38-32)25-13-16-27(17-14-25)35-21-23-9-5-3-6-10-23/h3-18,20,30-33H,2,19,21-22H2,1H3/t30-,31-,32+/m0/s1. The van der Waals surface area contributed by atoms with Gasteiger partial charge < -0.3 is 28.8 Å². The van der Waals surface area contributed by atoms with Crippen LogP contribution in [-0.4, -0.2) is 24.3 Å². The highest BCUT2D eigenvalue weighted by molar-refractivity contribution is 5.41. The Balaban J connectivity index is 1.24. The highest BCUT2D eigenvalue weighted by Gasteiger charge is 2.38. The van der Waals surface area contributed by atoms with Crippen molar-refractivity contribution in [1.29, 1.82) is 0 Å². The molecule has 1 heterocycles. The Hall–Kier alpha value is -3.84. The van der Waals surface area contributed by atoms with Gasteiger partial charge >= 0.3 is 0 Å². The fourth-order valence-corrected chi connectivity index (χ4v) is 4.37. The topological polar surface area (TPSA) is 66.4 Å². The summed E-state index contributed by atoms with van der Waals surface area (Å²) < 4.78 is 29.6. The second kappa shape index (κ2) is 12.6. The molecule has 0 spiro atoms. The second-order valence-electron chi connectivity index (χ2n) is 9.09. The molecule has 38 heavy (non-hydrogen) atoms. The van der Waals surface area contributed by atoms with Gasteiger partial charge in [-0.15, -0.1) is 0 Å². The van der Waals surface area contributed by atoms with E-state index in [1.807, 2.05) is 104 Å². The van der Waals surface area contributed by atoms with Crippen molar-refractivity contribution in [1.82, 2.24) is 0 Å². The van der Waals surface area contributed by atoms with E-state index >= 15 is 0 Å². The van der Waals surface area contributed by atoms with E-state index in [4.69, 9.17) is 23.7 Å². The smallest absolute Gasteiger partial charge is 0.272 e. The Morgan fingerprint density at radius 2 is 1.32 bits per heavy atom. The SMILES string of the molecule is CCO[C@@H]1O[C@@H](Cc2ccc(OCc3ccccc3)cc2O)[C@H](c2ccc(OCc3ccccc3)cc2)O1. The molecule has 6 nitrogen and oxygen atoms in total. The van der Waals surface area contributed by atoms with E-state index < -0.39 is 6.48 Å². The summed E-state index contributed by atoms with van der Waals surface area (Å²) in [6.07, 6.45) is -0.251. The molecule has 1 aliphatic rings. The molecule has 0 aromatic heterocycles. The molecular formula is C32H32O6. The van der Waals surface area contributed by atoms with Crippen LogP contribution in [0.15, 0.2) is 103 Å². The van der Waals surface area contributed by atoms with Gasteiger partial charge in [0.25, 0.3) is 6.48 Å². The van der Waals surface area contributed by atoms with Crippen molar-refractivity contribution < 1.29 is 28.8 Å². The van der Waals surface area contributed by atoms with Crippen molar-refractivity contribution in [3.8, 4) is 17.2 Å². The van der Waals surface area contributed by atoms with E-state index in [2.05, 4.69) is 0 Å². The van der Waals surface area contributed by atoms with Gasteiger partial charge in [-0.2, -0.15) is 0 Å². The maximum absolute atomic E-state index is 10.7. The van der Waals surface area contributed by atoms with Crippen LogP contribution in [0.5, 0.6) is 17.2 Å². The van der Waals surface area contributed by atoms with Crippen molar-refractivity contribution in [2.75, 3.05) is 6.61 Å². The molecule has 0 unspecified atom stereocenters. The zero-order chi connectivity index (χ0) is 26.2. The molecule has 1 saturated heterocycles. The molecule has 0 bridgehead atoms. The number of phenols is 1. The minimum Gasteiger partial charge on any atom is -0.508 e. The number of phenolic OH excluding ortho intramolecular Hbond substituents is 1. The summed E-state index contributed by atoms with van der Waals surface area (Å²) >= 11 is 0. The van der Waals surface area contributed by atoms with Gasteiger partial charge in [0.2, 0.25) is 0 Å². The van der Waals surface area contributed by atoms with E-state index in [9.17, 15) is 5.11 Å². The predicted molar refractivity (Wildman–Crippen MR) is 144 cm³/mol. The first-order valence-electron chi connectivity index (χ1n) is 12.9. The Morgan fingerprint density at radius 3 is 1.92 bits per heavy atom. The lowest BCUT2D eigenvalue weighted by Gasteiger charge is -2.18. The Bertz CT molecular complexity index is 1280. The summed E-state index contributed by atoms with van der Waals surface area (Å²) in [4.78, 5) is 0. The van der Waals surface area contributed by atoms with Crippen LogP contribution in [0.2, 0.25) is 0 Å². The summed E-state index contributed by atoms with van der Waals surface area (Å²) in [5.74, 6) is 1.54. The lowest BCUT2D eigenvalue weighted by atomic mass is 9.98. The zero-order valence-electron chi connectivity index (χ0n) is 21.4. The fraction of sp³-hybridized carbons (Fsp3) is 0.250. The van der Waals surface area contributed by atoms with E-state index in [1.54, 1.807) is 6.07 Å². The van der Waals surface area contributed by atoms with Crippen LogP contribution >= 0.6 is 0 Å². The summed E-state index contributed by atoms with van der Waals surface area (Å²) in [7, 11) is 0. The molecule has 3 atom stereocenters. The average molecular weight is 513 g/mol. The summed E-state index contributed by atoms with van der Waals surface area (Å²) in [6, 6.07) is 33.2. The quantitative estimate of drug-likeness (QED) is 0.245. The Morgan fingerprint density at radius 1 is 0.711 bits per heavy atom. The highest BCUT2D eigenvalue weighted by Crippen LogP contribution is 2.37. The second-order valence-corrected chi connectivity index (χ2v) is 9.09. The lowest BCUT2D eigenvalue weighted by molar-refractivity contribution is -0.240. The third kappa shape index (κ3) is 6.72. The van der Waals surface area contributed by atoms with Crippen molar-refractivity contribution >= 4 is 0 Å². The minimum atomic E-state index is -0.764. The predicted octanol–water partition coefficient (Wildman–Crippen LogP) is 6.57. The largest absolute Gasteiger partial charge is 0.508 e. The molecule has 5 rings (SSSR count). The maximum atomic E-state index is 10.7. The number of hydrogen-bond donors (Lipinski definition) is 1. The molecular weight excluding hydrogens is 480 g/mol. The van der Waals surface area contributed by atoms with Gasteiger partial charge in [0.05, 0.1) is 6.10 Å². The van der Waals surface area contributed by atoms with Crippen LogP contribution in [0, 0.1) is 0 Å². The normalized spacial score (nSPS) is 18.8. The molecule has 0 radical (unpaired) electrons. The molecule has 196 valence electrons. The first-order chi connectivity index (χ1) is 18.7. The number of ether oxygens (including phenoxy) is 5. The van der Waals surface area contributed by atoms with Gasteiger partial charge in [0.1, 0.15) is 36.6 Å². The maximum Gasteiger partial charge on any atom is 0.272 e. The third-order valence-corrected chi connectivity index (χ3v) is 6.37. The molecule has 1 N–H and O–H groups in total. The summed E-state index contributed by atoms with van der Waals surface area (Å²) in [6.45, 7) is 2.54. The Kier molecular flexibility index (Phi) is 8.56. The average Bonchev–Trinajstić information content (AvgIpc) is 3.36. The zero-order valence-corrected chi connectivity index (χ0v) is 21.4. The van der Waals surface area contributed by atoms with Gasteiger partial charge in [0.15, 0.2) is 0 Å². The van der Waals surface area contributed by atoms with Crippen molar-refractivity contribution in [2.45, 2.75) is 45.2 Å². The summed E-state index contributed by atoms with van der Waals surface area (Å²) in [5.41, 5.74) is 3.87.